The van der Waals surface area contributed by atoms with E-state index in [0.29, 0.717) is 11.8 Å². The Labute approximate surface area is 86.4 Å². The molecule has 1 aliphatic carbocycles. The van der Waals surface area contributed by atoms with Crippen LogP contribution in [0.25, 0.3) is 0 Å². The number of carbonyl (C=O) groups is 1. The molecule has 0 aromatic rings. The van der Waals surface area contributed by atoms with E-state index in [2.05, 4.69) is 19.2 Å². The molecule has 14 heavy (non-hydrogen) atoms. The van der Waals surface area contributed by atoms with E-state index in [9.17, 15) is 4.79 Å². The summed E-state index contributed by atoms with van der Waals surface area (Å²) in [6, 6.07) is 0.0343. The molecule has 82 valence electrons. The van der Waals surface area contributed by atoms with Gasteiger partial charge >= 0.3 is 0 Å². The third-order valence-electron chi connectivity index (χ3n) is 2.92. The Hall–Kier alpha value is -0.570. The summed E-state index contributed by atoms with van der Waals surface area (Å²) < 4.78 is 0. The quantitative estimate of drug-likeness (QED) is 0.678. The highest BCUT2D eigenvalue weighted by Crippen LogP contribution is 2.43. The minimum Gasteiger partial charge on any atom is -0.356 e. The maximum absolute atomic E-state index is 11.4. The van der Waals surface area contributed by atoms with E-state index < -0.39 is 0 Å². The van der Waals surface area contributed by atoms with Crippen LogP contribution in [0, 0.1) is 5.41 Å². The fourth-order valence-electron chi connectivity index (χ4n) is 1.49. The molecule has 1 aliphatic rings. The molecule has 3 heteroatoms. The molecule has 0 aliphatic heterocycles. The lowest BCUT2D eigenvalue weighted by molar-refractivity contribution is -0.121. The lowest BCUT2D eigenvalue weighted by atomic mass is 10.1. The Morgan fingerprint density at radius 1 is 1.57 bits per heavy atom. The van der Waals surface area contributed by atoms with Crippen molar-refractivity contribution in [2.24, 2.45) is 11.1 Å². The average Bonchev–Trinajstić information content (AvgIpc) is 2.82. The van der Waals surface area contributed by atoms with Gasteiger partial charge < -0.3 is 11.1 Å². The van der Waals surface area contributed by atoms with E-state index >= 15 is 0 Å². The summed E-state index contributed by atoms with van der Waals surface area (Å²) in [5, 5.41) is 2.96. The Bertz CT molecular complexity index is 199. The van der Waals surface area contributed by atoms with Crippen LogP contribution < -0.4 is 11.1 Å². The average molecular weight is 198 g/mol. The first kappa shape index (κ1) is 11.5. The summed E-state index contributed by atoms with van der Waals surface area (Å²) >= 11 is 0. The van der Waals surface area contributed by atoms with Crippen LogP contribution in [0.1, 0.15) is 46.0 Å². The molecule has 1 fully saturated rings. The highest BCUT2D eigenvalue weighted by atomic mass is 16.1. The Morgan fingerprint density at radius 2 is 2.21 bits per heavy atom. The van der Waals surface area contributed by atoms with Gasteiger partial charge in [-0.15, -0.1) is 0 Å². The molecular weight excluding hydrogens is 176 g/mol. The van der Waals surface area contributed by atoms with E-state index in [0.717, 1.165) is 19.4 Å². The number of amides is 1. The van der Waals surface area contributed by atoms with Crippen molar-refractivity contribution in [3.05, 3.63) is 0 Å². The predicted octanol–water partition coefficient (Wildman–Crippen LogP) is 1.42. The second-order valence-corrected chi connectivity index (χ2v) is 4.84. The van der Waals surface area contributed by atoms with Crippen molar-refractivity contribution in [3.63, 3.8) is 0 Å². The third kappa shape index (κ3) is 4.09. The van der Waals surface area contributed by atoms with Crippen LogP contribution in [0.4, 0.5) is 0 Å². The number of carbonyl (C=O) groups excluding carboxylic acids is 1. The van der Waals surface area contributed by atoms with Gasteiger partial charge in [0.25, 0.3) is 0 Å². The fraction of sp³-hybridized carbons (Fsp3) is 0.909. The topological polar surface area (TPSA) is 55.1 Å². The summed E-state index contributed by atoms with van der Waals surface area (Å²) in [5.41, 5.74) is 6.17. The molecule has 1 atom stereocenters. The minimum atomic E-state index is 0.0343. The van der Waals surface area contributed by atoms with Gasteiger partial charge in [-0.1, -0.05) is 20.3 Å². The van der Waals surface area contributed by atoms with Gasteiger partial charge in [-0.3, -0.25) is 4.79 Å². The Balaban J connectivity index is 2.09. The first-order valence-electron chi connectivity index (χ1n) is 5.58. The van der Waals surface area contributed by atoms with E-state index in [1.54, 1.807) is 0 Å². The molecule has 0 saturated heterocycles. The normalized spacial score (nSPS) is 20.2. The van der Waals surface area contributed by atoms with Gasteiger partial charge in [0.15, 0.2) is 0 Å². The standard InChI is InChI=1S/C11H22N2O/c1-3-4-9(12)7-10(14)13-8-11(2)5-6-11/h9H,3-8,12H2,1-2H3,(H,13,14). The molecule has 1 rings (SSSR count). The molecule has 3 N–H and O–H groups in total. The SMILES string of the molecule is CCCC(N)CC(=O)NCC1(C)CC1. The zero-order valence-electron chi connectivity index (χ0n) is 9.31. The fourth-order valence-corrected chi connectivity index (χ4v) is 1.49. The van der Waals surface area contributed by atoms with Crippen molar-refractivity contribution in [2.75, 3.05) is 6.54 Å². The van der Waals surface area contributed by atoms with E-state index in [1.165, 1.54) is 12.8 Å². The highest BCUT2D eigenvalue weighted by Gasteiger charge is 2.37. The summed E-state index contributed by atoms with van der Waals surface area (Å²) in [5.74, 6) is 0.110. The van der Waals surface area contributed by atoms with Crippen molar-refractivity contribution in [1.82, 2.24) is 5.32 Å². The highest BCUT2D eigenvalue weighted by molar-refractivity contribution is 5.76. The molecule has 1 unspecified atom stereocenters. The van der Waals surface area contributed by atoms with Gasteiger partial charge in [-0.05, 0) is 24.7 Å². The van der Waals surface area contributed by atoms with Crippen LogP contribution in [0.2, 0.25) is 0 Å². The molecule has 0 bridgehead atoms. The van der Waals surface area contributed by atoms with Gasteiger partial charge in [0.1, 0.15) is 0 Å². The van der Waals surface area contributed by atoms with Crippen LogP contribution in [0.3, 0.4) is 0 Å². The molecule has 0 aromatic heterocycles. The summed E-state index contributed by atoms with van der Waals surface area (Å²) in [7, 11) is 0. The molecular formula is C11H22N2O. The monoisotopic (exact) mass is 198 g/mol. The largest absolute Gasteiger partial charge is 0.356 e. The molecule has 3 nitrogen and oxygen atoms in total. The van der Waals surface area contributed by atoms with Crippen LogP contribution >= 0.6 is 0 Å². The van der Waals surface area contributed by atoms with Crippen molar-refractivity contribution in [2.45, 2.75) is 52.0 Å². The zero-order valence-corrected chi connectivity index (χ0v) is 9.31. The predicted molar refractivity (Wildman–Crippen MR) is 57.9 cm³/mol. The van der Waals surface area contributed by atoms with Crippen LogP contribution in [-0.2, 0) is 4.79 Å². The Kier molecular flexibility index (Phi) is 3.93. The number of hydrogen-bond donors (Lipinski definition) is 2. The third-order valence-corrected chi connectivity index (χ3v) is 2.92. The maximum atomic E-state index is 11.4. The van der Waals surface area contributed by atoms with Crippen molar-refractivity contribution < 1.29 is 4.79 Å². The first-order valence-corrected chi connectivity index (χ1v) is 5.58. The molecule has 0 radical (unpaired) electrons. The first-order chi connectivity index (χ1) is 6.56. The van der Waals surface area contributed by atoms with E-state index in [-0.39, 0.29) is 11.9 Å². The summed E-state index contributed by atoms with van der Waals surface area (Å²) in [4.78, 5) is 11.4. The van der Waals surface area contributed by atoms with Gasteiger partial charge in [0.2, 0.25) is 5.91 Å². The van der Waals surface area contributed by atoms with E-state index in [1.807, 2.05) is 0 Å². The zero-order chi connectivity index (χ0) is 10.6. The molecule has 1 amide bonds. The number of nitrogens with two attached hydrogens (primary N) is 1. The summed E-state index contributed by atoms with van der Waals surface area (Å²) in [6.45, 7) is 5.12. The molecule has 0 aromatic carbocycles. The Morgan fingerprint density at radius 3 is 2.71 bits per heavy atom. The smallest absolute Gasteiger partial charge is 0.221 e. The van der Waals surface area contributed by atoms with Crippen LogP contribution in [0.15, 0.2) is 0 Å². The van der Waals surface area contributed by atoms with Gasteiger partial charge in [-0.25, -0.2) is 0 Å². The molecule has 0 spiro atoms. The maximum Gasteiger partial charge on any atom is 0.221 e. The second-order valence-electron chi connectivity index (χ2n) is 4.84. The number of rotatable bonds is 6. The number of hydrogen-bond acceptors (Lipinski definition) is 2. The minimum absolute atomic E-state index is 0.0343. The molecule has 1 saturated carbocycles. The van der Waals surface area contributed by atoms with Gasteiger partial charge in [0, 0.05) is 19.0 Å². The van der Waals surface area contributed by atoms with Crippen molar-refractivity contribution in [3.8, 4) is 0 Å². The van der Waals surface area contributed by atoms with Crippen LogP contribution in [0.5, 0.6) is 0 Å². The van der Waals surface area contributed by atoms with Crippen molar-refractivity contribution >= 4 is 5.91 Å². The van der Waals surface area contributed by atoms with Crippen molar-refractivity contribution in [1.29, 1.82) is 0 Å². The summed E-state index contributed by atoms with van der Waals surface area (Å²) in [6.07, 6.45) is 4.95. The van der Waals surface area contributed by atoms with E-state index in [4.69, 9.17) is 5.73 Å². The second kappa shape index (κ2) is 4.78. The lowest BCUT2D eigenvalue weighted by Crippen LogP contribution is -2.34. The number of nitrogens with one attached hydrogen (secondary N) is 1. The molecule has 0 heterocycles. The lowest BCUT2D eigenvalue weighted by Gasteiger charge is -2.13. The van der Waals surface area contributed by atoms with Crippen LogP contribution in [-0.4, -0.2) is 18.5 Å². The van der Waals surface area contributed by atoms with Gasteiger partial charge in [-0.2, -0.15) is 0 Å². The van der Waals surface area contributed by atoms with Gasteiger partial charge in [0.05, 0.1) is 0 Å².